The van der Waals surface area contributed by atoms with Crippen LogP contribution in [0.2, 0.25) is 5.02 Å². The Hall–Kier alpha value is -4.10. The number of carbonyl (C=O) groups is 1. The summed E-state index contributed by atoms with van der Waals surface area (Å²) in [6.07, 6.45) is 0. The van der Waals surface area contributed by atoms with Crippen molar-refractivity contribution >= 4 is 45.0 Å². The highest BCUT2D eigenvalue weighted by atomic mass is 35.5. The summed E-state index contributed by atoms with van der Waals surface area (Å²) in [4.78, 5) is 31.8. The molecule has 0 aliphatic carbocycles. The molecule has 0 saturated carbocycles. The molecule has 3 heterocycles. The van der Waals surface area contributed by atoms with Crippen LogP contribution in [0.15, 0.2) is 77.6 Å². The Labute approximate surface area is 219 Å². The number of piperazine rings is 1. The Kier molecular flexibility index (Phi) is 5.72. The SMILES string of the molecule is Cc1ccc(-n2nc(C(=O)N3CCN(c4cccc(Cl)c4)CC3)c3c4ccccc4n(C)c3c2=O)cc1. The zero-order chi connectivity index (χ0) is 25.7. The van der Waals surface area contributed by atoms with Crippen molar-refractivity contribution in [2.24, 2.45) is 7.05 Å². The van der Waals surface area contributed by atoms with Gasteiger partial charge >= 0.3 is 0 Å². The molecule has 6 rings (SSSR count). The van der Waals surface area contributed by atoms with Gasteiger partial charge in [-0.1, -0.05) is 53.6 Å². The van der Waals surface area contributed by atoms with Gasteiger partial charge in [0, 0.05) is 60.2 Å². The Morgan fingerprint density at radius 3 is 2.35 bits per heavy atom. The molecule has 37 heavy (non-hydrogen) atoms. The monoisotopic (exact) mass is 511 g/mol. The number of hydrogen-bond donors (Lipinski definition) is 0. The van der Waals surface area contributed by atoms with E-state index in [1.54, 1.807) is 0 Å². The second-order valence-electron chi connectivity index (χ2n) is 9.46. The molecule has 0 unspecified atom stereocenters. The number of benzene rings is 3. The lowest BCUT2D eigenvalue weighted by Crippen LogP contribution is -2.49. The summed E-state index contributed by atoms with van der Waals surface area (Å²) in [7, 11) is 1.86. The van der Waals surface area contributed by atoms with Gasteiger partial charge in [-0.2, -0.15) is 9.78 Å². The molecule has 1 amide bonds. The van der Waals surface area contributed by atoms with Crippen LogP contribution in [0, 0.1) is 6.92 Å². The topological polar surface area (TPSA) is 63.4 Å². The summed E-state index contributed by atoms with van der Waals surface area (Å²) in [5.74, 6) is -0.173. The third kappa shape index (κ3) is 3.96. The number of anilines is 1. The summed E-state index contributed by atoms with van der Waals surface area (Å²) in [6.45, 7) is 4.45. The van der Waals surface area contributed by atoms with Crippen LogP contribution in [0.5, 0.6) is 0 Å². The summed E-state index contributed by atoms with van der Waals surface area (Å²) in [5.41, 5.74) is 4.15. The molecule has 0 N–H and O–H groups in total. The number of fused-ring (bicyclic) bond motifs is 3. The van der Waals surface area contributed by atoms with Gasteiger partial charge in [-0.3, -0.25) is 9.59 Å². The standard InChI is InChI=1S/C29H26ClN5O2/c1-19-10-12-21(13-11-19)35-29(37)27-25(23-8-3-4-9-24(23)32(27)2)26(31-35)28(36)34-16-14-33(15-17-34)22-7-5-6-20(30)18-22/h3-13,18H,14-17H2,1-2H3. The van der Waals surface area contributed by atoms with Crippen LogP contribution < -0.4 is 10.5 Å². The van der Waals surface area contributed by atoms with E-state index in [9.17, 15) is 9.59 Å². The van der Waals surface area contributed by atoms with E-state index in [0.29, 0.717) is 53.5 Å². The van der Waals surface area contributed by atoms with Crippen LogP contribution in [0.1, 0.15) is 16.1 Å². The molecule has 2 aromatic heterocycles. The largest absolute Gasteiger partial charge is 0.368 e. The lowest BCUT2D eigenvalue weighted by atomic mass is 10.1. The van der Waals surface area contributed by atoms with Crippen molar-refractivity contribution in [1.82, 2.24) is 19.2 Å². The predicted molar refractivity (Wildman–Crippen MR) is 148 cm³/mol. The maximum Gasteiger partial charge on any atom is 0.296 e. The number of hydrogen-bond acceptors (Lipinski definition) is 4. The Balaban J connectivity index is 1.45. The number of para-hydroxylation sites is 1. The van der Waals surface area contributed by atoms with Gasteiger partial charge in [-0.05, 0) is 43.3 Å². The molecule has 8 heteroatoms. The van der Waals surface area contributed by atoms with E-state index in [2.05, 4.69) is 4.90 Å². The smallest absolute Gasteiger partial charge is 0.296 e. The molecule has 0 radical (unpaired) electrons. The number of rotatable bonds is 3. The molecule has 186 valence electrons. The van der Waals surface area contributed by atoms with Crippen molar-refractivity contribution in [2.75, 3.05) is 31.1 Å². The minimum absolute atomic E-state index is 0.173. The second kappa shape index (κ2) is 9.09. The predicted octanol–water partition coefficient (Wildman–Crippen LogP) is 4.80. The van der Waals surface area contributed by atoms with E-state index >= 15 is 0 Å². The fourth-order valence-corrected chi connectivity index (χ4v) is 5.36. The lowest BCUT2D eigenvalue weighted by molar-refractivity contribution is 0.0741. The normalized spacial score (nSPS) is 14.0. The molecule has 0 spiro atoms. The van der Waals surface area contributed by atoms with Crippen molar-refractivity contribution in [1.29, 1.82) is 0 Å². The molecule has 1 fully saturated rings. The zero-order valence-corrected chi connectivity index (χ0v) is 21.4. The van der Waals surface area contributed by atoms with Crippen molar-refractivity contribution in [3.63, 3.8) is 0 Å². The van der Waals surface area contributed by atoms with E-state index < -0.39 is 0 Å². The van der Waals surface area contributed by atoms with Gasteiger partial charge in [0.25, 0.3) is 11.5 Å². The van der Waals surface area contributed by atoms with Crippen molar-refractivity contribution in [3.05, 3.63) is 99.4 Å². The minimum atomic E-state index is -0.250. The van der Waals surface area contributed by atoms with E-state index in [1.165, 1.54) is 4.68 Å². The van der Waals surface area contributed by atoms with E-state index in [-0.39, 0.29) is 11.5 Å². The van der Waals surface area contributed by atoms with Crippen molar-refractivity contribution in [3.8, 4) is 5.69 Å². The third-order valence-electron chi connectivity index (χ3n) is 7.16. The van der Waals surface area contributed by atoms with Gasteiger partial charge in [0.05, 0.1) is 5.69 Å². The molecule has 5 aromatic rings. The van der Waals surface area contributed by atoms with Crippen molar-refractivity contribution < 1.29 is 4.79 Å². The molecular formula is C29H26ClN5O2. The first-order valence-electron chi connectivity index (χ1n) is 12.3. The highest BCUT2D eigenvalue weighted by Gasteiger charge is 2.29. The van der Waals surface area contributed by atoms with Crippen LogP contribution >= 0.6 is 11.6 Å². The van der Waals surface area contributed by atoms with Crippen LogP contribution in [0.3, 0.4) is 0 Å². The molecule has 3 aromatic carbocycles. The highest BCUT2D eigenvalue weighted by Crippen LogP contribution is 2.29. The average molecular weight is 512 g/mol. The first-order valence-corrected chi connectivity index (χ1v) is 12.7. The first-order chi connectivity index (χ1) is 17.9. The Morgan fingerprint density at radius 2 is 1.62 bits per heavy atom. The number of aromatic nitrogens is 3. The number of aryl methyl sites for hydroxylation is 2. The van der Waals surface area contributed by atoms with Gasteiger partial charge in [-0.25, -0.2) is 0 Å². The first kappa shape index (κ1) is 23.3. The van der Waals surface area contributed by atoms with Crippen LogP contribution in [-0.4, -0.2) is 51.3 Å². The van der Waals surface area contributed by atoms with Crippen molar-refractivity contribution in [2.45, 2.75) is 6.92 Å². The van der Waals surface area contributed by atoms with Gasteiger partial charge in [-0.15, -0.1) is 0 Å². The molecule has 0 bridgehead atoms. The summed E-state index contributed by atoms with van der Waals surface area (Å²) < 4.78 is 3.23. The minimum Gasteiger partial charge on any atom is -0.368 e. The summed E-state index contributed by atoms with van der Waals surface area (Å²) >= 11 is 6.19. The maximum absolute atomic E-state index is 14.0. The molecular weight excluding hydrogens is 486 g/mol. The number of amides is 1. The van der Waals surface area contributed by atoms with Gasteiger partial charge in [0.1, 0.15) is 5.52 Å². The molecule has 7 nitrogen and oxygen atoms in total. The molecule has 1 aliphatic heterocycles. The second-order valence-corrected chi connectivity index (χ2v) is 9.90. The molecule has 1 saturated heterocycles. The number of halogens is 1. The Morgan fingerprint density at radius 1 is 0.892 bits per heavy atom. The summed E-state index contributed by atoms with van der Waals surface area (Å²) in [5, 5.41) is 6.84. The van der Waals surface area contributed by atoms with Gasteiger partial charge in [0.2, 0.25) is 0 Å². The Bertz CT molecular complexity index is 1710. The third-order valence-corrected chi connectivity index (χ3v) is 7.40. The maximum atomic E-state index is 14.0. The van der Waals surface area contributed by atoms with Gasteiger partial charge in [0.15, 0.2) is 5.69 Å². The van der Waals surface area contributed by atoms with E-state index in [0.717, 1.165) is 22.2 Å². The average Bonchev–Trinajstić information content (AvgIpc) is 3.22. The highest BCUT2D eigenvalue weighted by molar-refractivity contribution is 6.30. The summed E-state index contributed by atoms with van der Waals surface area (Å²) in [6, 6.07) is 23.1. The quantitative estimate of drug-likeness (QED) is 0.349. The van der Waals surface area contributed by atoms with E-state index in [1.807, 2.05) is 96.2 Å². The number of carbonyl (C=O) groups excluding carboxylic acids is 1. The fourth-order valence-electron chi connectivity index (χ4n) is 5.18. The number of nitrogens with zero attached hydrogens (tertiary/aromatic N) is 5. The van der Waals surface area contributed by atoms with Gasteiger partial charge < -0.3 is 14.4 Å². The zero-order valence-electron chi connectivity index (χ0n) is 20.7. The molecule has 0 atom stereocenters. The lowest BCUT2D eigenvalue weighted by Gasteiger charge is -2.36. The van der Waals surface area contributed by atoms with Crippen LogP contribution in [0.4, 0.5) is 5.69 Å². The van der Waals surface area contributed by atoms with Crippen LogP contribution in [-0.2, 0) is 7.05 Å². The molecule has 1 aliphatic rings. The van der Waals surface area contributed by atoms with Crippen LogP contribution in [0.25, 0.3) is 27.5 Å². The van der Waals surface area contributed by atoms with E-state index in [4.69, 9.17) is 16.7 Å². The fraction of sp³-hybridized carbons (Fsp3) is 0.207.